The molecule has 2 aromatic carbocycles. The van der Waals surface area contributed by atoms with Crippen LogP contribution in [0.15, 0.2) is 48.5 Å². The van der Waals surface area contributed by atoms with Crippen LogP contribution in [0.25, 0.3) is 0 Å². The molecule has 1 unspecified atom stereocenters. The highest BCUT2D eigenvalue weighted by Crippen LogP contribution is 2.27. The minimum atomic E-state index is -0.475. The maximum absolute atomic E-state index is 13.6. The van der Waals surface area contributed by atoms with E-state index < -0.39 is 5.82 Å². The van der Waals surface area contributed by atoms with Crippen LogP contribution in [0, 0.1) is 5.82 Å². The van der Waals surface area contributed by atoms with Crippen molar-refractivity contribution in [1.29, 1.82) is 0 Å². The van der Waals surface area contributed by atoms with Gasteiger partial charge in [-0.25, -0.2) is 4.39 Å². The van der Waals surface area contributed by atoms with Crippen molar-refractivity contribution in [2.45, 2.75) is 18.9 Å². The molecule has 5 nitrogen and oxygen atoms in total. The van der Waals surface area contributed by atoms with Crippen molar-refractivity contribution >= 4 is 5.91 Å². The van der Waals surface area contributed by atoms with Crippen LogP contribution in [0.2, 0.25) is 0 Å². The molecule has 1 atom stereocenters. The number of ether oxygens (including phenoxy) is 2. The number of carbonyl (C=O) groups excluding carboxylic acids is 1. The maximum Gasteiger partial charge on any atom is 0.258 e. The number of nitrogens with one attached hydrogen (secondary N) is 1. The number of hydrogen-bond acceptors (Lipinski definition) is 4. The zero-order valence-corrected chi connectivity index (χ0v) is 15.5. The molecule has 27 heavy (non-hydrogen) atoms. The van der Waals surface area contributed by atoms with E-state index in [-0.39, 0.29) is 24.3 Å². The third-order valence-corrected chi connectivity index (χ3v) is 4.75. The highest BCUT2D eigenvalue weighted by atomic mass is 19.1. The van der Waals surface area contributed by atoms with Gasteiger partial charge in [-0.05, 0) is 55.8 Å². The first-order chi connectivity index (χ1) is 13.2. The van der Waals surface area contributed by atoms with Crippen LogP contribution in [0.3, 0.4) is 0 Å². The largest absolute Gasteiger partial charge is 0.497 e. The summed E-state index contributed by atoms with van der Waals surface area (Å²) in [5.74, 6) is 0.129. The van der Waals surface area contributed by atoms with E-state index in [4.69, 9.17) is 9.47 Å². The van der Waals surface area contributed by atoms with Crippen LogP contribution < -0.4 is 14.8 Å². The average Bonchev–Trinajstić information content (AvgIpc) is 3.22. The number of likely N-dealkylation sites (tertiary alicyclic amines) is 1. The van der Waals surface area contributed by atoms with Gasteiger partial charge in [0.2, 0.25) is 0 Å². The monoisotopic (exact) mass is 372 g/mol. The molecule has 1 saturated heterocycles. The lowest BCUT2D eigenvalue weighted by molar-refractivity contribution is -0.123. The van der Waals surface area contributed by atoms with Crippen LogP contribution in [-0.4, -0.2) is 44.2 Å². The Labute approximate surface area is 159 Å². The van der Waals surface area contributed by atoms with Gasteiger partial charge in [-0.15, -0.1) is 0 Å². The molecule has 1 amide bonds. The molecule has 1 N–H and O–H groups in total. The molecule has 0 bridgehead atoms. The Morgan fingerprint density at radius 1 is 1.19 bits per heavy atom. The lowest BCUT2D eigenvalue weighted by atomic mass is 10.0. The number of amides is 1. The minimum Gasteiger partial charge on any atom is -0.497 e. The van der Waals surface area contributed by atoms with E-state index in [1.165, 1.54) is 12.1 Å². The second kappa shape index (κ2) is 9.37. The summed E-state index contributed by atoms with van der Waals surface area (Å²) in [6.07, 6.45) is 2.32. The second-order valence-electron chi connectivity index (χ2n) is 6.56. The first-order valence-electron chi connectivity index (χ1n) is 9.19. The van der Waals surface area contributed by atoms with Gasteiger partial charge in [0.25, 0.3) is 5.91 Å². The van der Waals surface area contributed by atoms with Crippen molar-refractivity contribution in [3.8, 4) is 11.5 Å². The van der Waals surface area contributed by atoms with Crippen LogP contribution >= 0.6 is 0 Å². The Balaban J connectivity index is 1.60. The van der Waals surface area contributed by atoms with E-state index in [0.29, 0.717) is 6.54 Å². The van der Waals surface area contributed by atoms with E-state index in [1.807, 2.05) is 24.3 Å². The first-order valence-corrected chi connectivity index (χ1v) is 9.19. The SMILES string of the molecule is COc1cccc(C(CNC(=O)COc2ccccc2F)N2CCCC2)c1. The smallest absolute Gasteiger partial charge is 0.258 e. The van der Waals surface area contributed by atoms with E-state index in [2.05, 4.69) is 10.2 Å². The fraction of sp³-hybridized carbons (Fsp3) is 0.381. The Bertz CT molecular complexity index is 763. The van der Waals surface area contributed by atoms with Crippen molar-refractivity contribution in [3.63, 3.8) is 0 Å². The molecule has 1 aliphatic heterocycles. The summed E-state index contributed by atoms with van der Waals surface area (Å²) in [4.78, 5) is 14.6. The number of carbonyl (C=O) groups is 1. The molecule has 0 spiro atoms. The average molecular weight is 372 g/mol. The predicted octanol–water partition coefficient (Wildman–Crippen LogP) is 3.17. The Morgan fingerprint density at radius 3 is 2.70 bits per heavy atom. The normalized spacial score (nSPS) is 15.3. The number of benzene rings is 2. The number of nitrogens with zero attached hydrogens (tertiary/aromatic N) is 1. The van der Waals surface area contributed by atoms with Crippen LogP contribution in [0.1, 0.15) is 24.4 Å². The number of rotatable bonds is 8. The topological polar surface area (TPSA) is 50.8 Å². The summed E-state index contributed by atoms with van der Waals surface area (Å²) in [6, 6.07) is 14.1. The van der Waals surface area contributed by atoms with Gasteiger partial charge in [0.1, 0.15) is 5.75 Å². The molecule has 6 heteroatoms. The molecule has 1 fully saturated rings. The maximum atomic E-state index is 13.6. The van der Waals surface area contributed by atoms with Crippen LogP contribution in [-0.2, 0) is 4.79 Å². The van der Waals surface area contributed by atoms with Gasteiger partial charge in [-0.1, -0.05) is 24.3 Å². The molecule has 0 aromatic heterocycles. The second-order valence-corrected chi connectivity index (χ2v) is 6.56. The zero-order valence-electron chi connectivity index (χ0n) is 15.5. The Morgan fingerprint density at radius 2 is 1.96 bits per heavy atom. The predicted molar refractivity (Wildman–Crippen MR) is 101 cm³/mol. The molecule has 3 rings (SSSR count). The quantitative estimate of drug-likeness (QED) is 0.773. The molecule has 1 aliphatic rings. The fourth-order valence-corrected chi connectivity index (χ4v) is 3.33. The molecule has 0 aliphatic carbocycles. The van der Waals surface area contributed by atoms with E-state index in [9.17, 15) is 9.18 Å². The number of halogens is 1. The molecule has 2 aromatic rings. The molecular weight excluding hydrogens is 347 g/mol. The highest BCUT2D eigenvalue weighted by Gasteiger charge is 2.24. The number of hydrogen-bond donors (Lipinski definition) is 1. The van der Waals surface area contributed by atoms with Crippen LogP contribution in [0.5, 0.6) is 11.5 Å². The van der Waals surface area contributed by atoms with Crippen molar-refractivity contribution in [2.24, 2.45) is 0 Å². The minimum absolute atomic E-state index is 0.0695. The molecule has 1 heterocycles. The van der Waals surface area contributed by atoms with Gasteiger partial charge in [-0.3, -0.25) is 9.69 Å². The summed E-state index contributed by atoms with van der Waals surface area (Å²) in [7, 11) is 1.64. The van der Waals surface area contributed by atoms with Gasteiger partial charge >= 0.3 is 0 Å². The lowest BCUT2D eigenvalue weighted by Crippen LogP contribution is -2.38. The third kappa shape index (κ3) is 5.20. The molecule has 0 radical (unpaired) electrons. The van der Waals surface area contributed by atoms with Crippen molar-refractivity contribution in [2.75, 3.05) is 33.4 Å². The summed E-state index contributed by atoms with van der Waals surface area (Å²) in [5.41, 5.74) is 1.10. The van der Waals surface area contributed by atoms with Crippen LogP contribution in [0.4, 0.5) is 4.39 Å². The number of methoxy groups -OCH3 is 1. The van der Waals surface area contributed by atoms with Gasteiger partial charge in [0, 0.05) is 6.54 Å². The van der Waals surface area contributed by atoms with E-state index in [1.54, 1.807) is 19.2 Å². The van der Waals surface area contributed by atoms with Crippen molar-refractivity contribution < 1.29 is 18.7 Å². The lowest BCUT2D eigenvalue weighted by Gasteiger charge is -2.28. The molecular formula is C21H25FN2O3. The zero-order chi connectivity index (χ0) is 19.1. The van der Waals surface area contributed by atoms with Gasteiger partial charge in [0.15, 0.2) is 18.2 Å². The van der Waals surface area contributed by atoms with Crippen molar-refractivity contribution in [1.82, 2.24) is 10.2 Å². The standard InChI is InChI=1S/C21H25FN2O3/c1-26-17-8-6-7-16(13-17)19(24-11-4-5-12-24)14-23-21(25)15-27-20-10-3-2-9-18(20)22/h2-3,6-10,13,19H,4-5,11-12,14-15H2,1H3,(H,23,25). The summed E-state index contributed by atoms with van der Waals surface area (Å²) in [6.45, 7) is 2.26. The highest BCUT2D eigenvalue weighted by molar-refractivity contribution is 5.77. The van der Waals surface area contributed by atoms with Gasteiger partial charge in [-0.2, -0.15) is 0 Å². The molecule has 144 valence electrons. The van der Waals surface area contributed by atoms with Gasteiger partial charge < -0.3 is 14.8 Å². The van der Waals surface area contributed by atoms with Gasteiger partial charge in [0.05, 0.1) is 13.2 Å². The van der Waals surface area contributed by atoms with Crippen molar-refractivity contribution in [3.05, 3.63) is 59.9 Å². The van der Waals surface area contributed by atoms with E-state index >= 15 is 0 Å². The fourth-order valence-electron chi connectivity index (χ4n) is 3.33. The summed E-state index contributed by atoms with van der Waals surface area (Å²) < 4.78 is 24.2. The third-order valence-electron chi connectivity index (χ3n) is 4.75. The molecule has 0 saturated carbocycles. The first kappa shape index (κ1) is 19.2. The summed E-state index contributed by atoms with van der Waals surface area (Å²) in [5, 5.41) is 2.92. The number of para-hydroxylation sites is 1. The summed E-state index contributed by atoms with van der Waals surface area (Å²) >= 11 is 0. The van der Waals surface area contributed by atoms with E-state index in [0.717, 1.165) is 37.2 Å². The Kier molecular flexibility index (Phi) is 6.65. The Hall–Kier alpha value is -2.60.